The molecule has 0 unspecified atom stereocenters. The highest BCUT2D eigenvalue weighted by Gasteiger charge is 2.14. The van der Waals surface area contributed by atoms with E-state index >= 15 is 0 Å². The number of ether oxygens (including phenoxy) is 2. The lowest BCUT2D eigenvalue weighted by atomic mass is 10.2. The zero-order valence-electron chi connectivity index (χ0n) is 16.0. The van der Waals surface area contributed by atoms with Crippen LogP contribution in [0.15, 0.2) is 47.6 Å². The van der Waals surface area contributed by atoms with Crippen molar-refractivity contribution in [2.24, 2.45) is 5.10 Å². The van der Waals surface area contributed by atoms with Crippen LogP contribution < -0.4 is 20.2 Å². The molecule has 152 valence electrons. The molecule has 0 aliphatic heterocycles. The van der Waals surface area contributed by atoms with Crippen LogP contribution in [0.4, 0.5) is 5.69 Å². The first-order chi connectivity index (χ1) is 13.9. The average molecular weight is 399 g/mol. The van der Waals surface area contributed by atoms with Crippen LogP contribution in [0.3, 0.4) is 0 Å². The first-order valence-electron chi connectivity index (χ1n) is 8.72. The molecule has 0 aliphatic carbocycles. The van der Waals surface area contributed by atoms with Crippen molar-refractivity contribution < 1.29 is 29.0 Å². The molecular formula is C20H21N3O6. The van der Waals surface area contributed by atoms with Crippen molar-refractivity contribution in [3.8, 4) is 11.5 Å². The summed E-state index contributed by atoms with van der Waals surface area (Å²) >= 11 is 0. The van der Waals surface area contributed by atoms with E-state index in [0.717, 1.165) is 5.56 Å². The highest BCUT2D eigenvalue weighted by atomic mass is 16.5. The van der Waals surface area contributed by atoms with Crippen LogP contribution in [0.25, 0.3) is 0 Å². The third-order valence-corrected chi connectivity index (χ3v) is 3.60. The maximum atomic E-state index is 11.9. The van der Waals surface area contributed by atoms with E-state index in [1.807, 2.05) is 19.1 Å². The summed E-state index contributed by atoms with van der Waals surface area (Å²) in [5.74, 6) is -2.26. The first-order valence-corrected chi connectivity index (χ1v) is 8.72. The lowest BCUT2D eigenvalue weighted by Crippen LogP contribution is -2.32. The molecule has 29 heavy (non-hydrogen) atoms. The van der Waals surface area contributed by atoms with E-state index in [1.165, 1.54) is 12.3 Å². The van der Waals surface area contributed by atoms with Gasteiger partial charge in [0.05, 0.1) is 12.8 Å². The Morgan fingerprint density at radius 2 is 1.83 bits per heavy atom. The summed E-state index contributed by atoms with van der Waals surface area (Å²) in [6, 6.07) is 11.8. The third-order valence-electron chi connectivity index (χ3n) is 3.60. The van der Waals surface area contributed by atoms with E-state index in [2.05, 4.69) is 15.8 Å². The zero-order chi connectivity index (χ0) is 21.2. The summed E-state index contributed by atoms with van der Waals surface area (Å²) in [5, 5.41) is 15.0. The van der Waals surface area contributed by atoms with Gasteiger partial charge in [0.1, 0.15) is 0 Å². The molecule has 0 atom stereocenters. The minimum Gasteiger partial charge on any atom is -0.490 e. The lowest BCUT2D eigenvalue weighted by Gasteiger charge is -2.11. The van der Waals surface area contributed by atoms with Gasteiger partial charge in [-0.1, -0.05) is 18.2 Å². The number of amides is 2. The molecule has 3 N–H and O–H groups in total. The number of nitrogens with zero attached hydrogens (tertiary/aromatic N) is 1. The smallest absolute Gasteiger partial charge is 0.341 e. The molecule has 9 nitrogen and oxygen atoms in total. The quantitative estimate of drug-likeness (QED) is 0.354. The Bertz CT molecular complexity index is 926. The highest BCUT2D eigenvalue weighted by molar-refractivity contribution is 6.39. The van der Waals surface area contributed by atoms with Gasteiger partial charge in [-0.3, -0.25) is 9.59 Å². The molecule has 2 amide bonds. The van der Waals surface area contributed by atoms with Gasteiger partial charge < -0.3 is 19.9 Å². The number of aryl methyl sites for hydroxylation is 1. The molecule has 0 radical (unpaired) electrons. The molecular weight excluding hydrogens is 378 g/mol. The number of carboxylic acids is 1. The Labute approximate surface area is 167 Å². The van der Waals surface area contributed by atoms with Gasteiger partial charge in [-0.15, -0.1) is 0 Å². The SMILES string of the molecule is CCOc1cc(/C=N\NC(=O)C(=O)Nc2ccccc2C)ccc1OCC(=O)O. The van der Waals surface area contributed by atoms with Gasteiger partial charge in [0.2, 0.25) is 0 Å². The monoisotopic (exact) mass is 399 g/mol. The van der Waals surface area contributed by atoms with Crippen LogP contribution in [0.1, 0.15) is 18.1 Å². The van der Waals surface area contributed by atoms with Crippen LogP contribution in [-0.4, -0.2) is 42.3 Å². The fraction of sp³-hybridized carbons (Fsp3) is 0.200. The summed E-state index contributed by atoms with van der Waals surface area (Å²) in [4.78, 5) is 34.5. The summed E-state index contributed by atoms with van der Waals surface area (Å²) in [6.45, 7) is 3.43. The second kappa shape index (κ2) is 10.5. The summed E-state index contributed by atoms with van der Waals surface area (Å²) in [5.41, 5.74) is 4.06. The van der Waals surface area contributed by atoms with E-state index in [1.54, 1.807) is 31.2 Å². The number of carbonyl (C=O) groups is 3. The first kappa shape index (κ1) is 21.4. The third kappa shape index (κ3) is 6.65. The number of hydrogen-bond donors (Lipinski definition) is 3. The average Bonchev–Trinajstić information content (AvgIpc) is 2.69. The molecule has 0 bridgehead atoms. The van der Waals surface area contributed by atoms with Gasteiger partial charge in [-0.2, -0.15) is 5.10 Å². The predicted octanol–water partition coefficient (Wildman–Crippen LogP) is 1.95. The normalized spacial score (nSPS) is 10.4. The van der Waals surface area contributed by atoms with Gasteiger partial charge in [0.15, 0.2) is 18.1 Å². The molecule has 0 saturated heterocycles. The molecule has 2 aromatic carbocycles. The number of hydrazone groups is 1. The molecule has 9 heteroatoms. The minimum atomic E-state index is -1.11. The van der Waals surface area contributed by atoms with Crippen molar-refractivity contribution in [2.45, 2.75) is 13.8 Å². The number of benzene rings is 2. The summed E-state index contributed by atoms with van der Waals surface area (Å²) in [6.07, 6.45) is 1.32. The Morgan fingerprint density at radius 1 is 1.07 bits per heavy atom. The van der Waals surface area contributed by atoms with Crippen LogP contribution in [-0.2, 0) is 14.4 Å². The van der Waals surface area contributed by atoms with E-state index in [-0.39, 0.29) is 5.75 Å². The fourth-order valence-corrected chi connectivity index (χ4v) is 2.24. The predicted molar refractivity (Wildman–Crippen MR) is 106 cm³/mol. The summed E-state index contributed by atoms with van der Waals surface area (Å²) < 4.78 is 10.6. The van der Waals surface area contributed by atoms with Crippen molar-refractivity contribution in [1.29, 1.82) is 0 Å². The van der Waals surface area contributed by atoms with E-state index in [9.17, 15) is 14.4 Å². The molecule has 0 aliphatic rings. The van der Waals surface area contributed by atoms with Crippen molar-refractivity contribution in [2.75, 3.05) is 18.5 Å². The standard InChI is InChI=1S/C20H21N3O6/c1-3-28-17-10-14(8-9-16(17)29-12-18(24)25)11-21-23-20(27)19(26)22-15-7-5-4-6-13(15)2/h4-11H,3,12H2,1-2H3,(H,22,26)(H,23,27)(H,24,25)/b21-11-. The van der Waals surface area contributed by atoms with Gasteiger partial charge in [-0.25, -0.2) is 10.2 Å². The van der Waals surface area contributed by atoms with Gasteiger partial charge >= 0.3 is 17.8 Å². The minimum absolute atomic E-state index is 0.271. The molecule has 0 aromatic heterocycles. The largest absolute Gasteiger partial charge is 0.490 e. The van der Waals surface area contributed by atoms with Crippen molar-refractivity contribution in [1.82, 2.24) is 5.43 Å². The van der Waals surface area contributed by atoms with E-state index in [0.29, 0.717) is 23.6 Å². The Balaban J connectivity index is 1.98. The van der Waals surface area contributed by atoms with Crippen LogP contribution >= 0.6 is 0 Å². The molecule has 0 fully saturated rings. The second-order valence-corrected chi connectivity index (χ2v) is 5.79. The maximum absolute atomic E-state index is 11.9. The number of para-hydroxylation sites is 1. The molecule has 0 heterocycles. The maximum Gasteiger partial charge on any atom is 0.341 e. The zero-order valence-corrected chi connectivity index (χ0v) is 16.0. The number of hydrogen-bond acceptors (Lipinski definition) is 6. The van der Waals surface area contributed by atoms with Gasteiger partial charge in [0.25, 0.3) is 0 Å². The number of aliphatic carboxylic acids is 1. The highest BCUT2D eigenvalue weighted by Crippen LogP contribution is 2.28. The number of carbonyl (C=O) groups excluding carboxylic acids is 2. The number of anilines is 1. The van der Waals surface area contributed by atoms with E-state index in [4.69, 9.17) is 14.6 Å². The Kier molecular flexibility index (Phi) is 7.72. The van der Waals surface area contributed by atoms with Gasteiger partial charge in [-0.05, 0) is 49.2 Å². The van der Waals surface area contributed by atoms with Gasteiger partial charge in [0, 0.05) is 5.69 Å². The van der Waals surface area contributed by atoms with Crippen molar-refractivity contribution >= 4 is 29.7 Å². The topological polar surface area (TPSA) is 126 Å². The molecule has 2 rings (SSSR count). The lowest BCUT2D eigenvalue weighted by molar-refractivity contribution is -0.139. The fourth-order valence-electron chi connectivity index (χ4n) is 2.24. The molecule has 0 saturated carbocycles. The number of rotatable bonds is 8. The van der Waals surface area contributed by atoms with Crippen LogP contribution in [0, 0.1) is 6.92 Å². The van der Waals surface area contributed by atoms with Crippen molar-refractivity contribution in [3.63, 3.8) is 0 Å². The molecule has 2 aromatic rings. The Morgan fingerprint density at radius 3 is 2.52 bits per heavy atom. The summed E-state index contributed by atoms with van der Waals surface area (Å²) in [7, 11) is 0. The van der Waals surface area contributed by atoms with Crippen LogP contribution in [0.5, 0.6) is 11.5 Å². The van der Waals surface area contributed by atoms with E-state index < -0.39 is 24.4 Å². The second-order valence-electron chi connectivity index (χ2n) is 5.79. The number of nitrogens with one attached hydrogen (secondary N) is 2. The Hall–Kier alpha value is -3.88. The molecule has 0 spiro atoms. The van der Waals surface area contributed by atoms with Crippen LogP contribution in [0.2, 0.25) is 0 Å². The van der Waals surface area contributed by atoms with Crippen molar-refractivity contribution in [3.05, 3.63) is 53.6 Å². The number of carboxylic acid groups (broad SMARTS) is 1.